The topological polar surface area (TPSA) is 113 Å². The highest BCUT2D eigenvalue weighted by Crippen LogP contribution is 2.20. The molecule has 1 atom stereocenters. The van der Waals surface area contributed by atoms with E-state index in [-0.39, 0.29) is 18.5 Å². The third-order valence-corrected chi connectivity index (χ3v) is 4.32. The molecular weight excluding hydrogens is 310 g/mol. The predicted molar refractivity (Wildman–Crippen MR) is 88.4 cm³/mol. The Kier molecular flexibility index (Phi) is 4.20. The molecule has 1 aromatic heterocycles. The molecule has 0 bridgehead atoms. The van der Waals surface area contributed by atoms with Crippen molar-refractivity contribution in [1.29, 1.82) is 0 Å². The molecule has 3 N–H and O–H groups in total. The van der Waals surface area contributed by atoms with Crippen molar-refractivity contribution in [3.63, 3.8) is 0 Å². The second-order valence-corrected chi connectivity index (χ2v) is 5.95. The highest BCUT2D eigenvalue weighted by atomic mass is 16.4. The first-order chi connectivity index (χ1) is 11.5. The lowest BCUT2D eigenvalue weighted by Gasteiger charge is -2.36. The summed E-state index contributed by atoms with van der Waals surface area (Å²) < 4.78 is 0. The molecule has 2 amide bonds. The fourth-order valence-corrected chi connectivity index (χ4v) is 3.02. The fraction of sp³-hybridized carbons (Fsp3) is 0.375. The van der Waals surface area contributed by atoms with Crippen molar-refractivity contribution in [3.05, 3.63) is 30.1 Å². The molecule has 1 aliphatic rings. The van der Waals surface area contributed by atoms with Gasteiger partial charge in [-0.15, -0.1) is 0 Å². The molecule has 24 heavy (non-hydrogen) atoms. The largest absolute Gasteiger partial charge is 0.465 e. The summed E-state index contributed by atoms with van der Waals surface area (Å²) >= 11 is 0. The van der Waals surface area contributed by atoms with E-state index in [4.69, 9.17) is 10.8 Å². The van der Waals surface area contributed by atoms with E-state index in [0.717, 1.165) is 21.4 Å². The molecular formula is C16H19N5O3. The molecule has 3 rings (SSSR count). The molecule has 126 valence electrons. The number of nitrogen functional groups attached to an aromatic ring is 1. The molecule has 1 fully saturated rings. The number of aromatic nitrogens is 2. The van der Waals surface area contributed by atoms with Gasteiger partial charge in [0.15, 0.2) is 0 Å². The van der Waals surface area contributed by atoms with E-state index >= 15 is 0 Å². The van der Waals surface area contributed by atoms with Gasteiger partial charge in [0.05, 0.1) is 5.52 Å². The second-order valence-electron chi connectivity index (χ2n) is 5.95. The molecule has 8 heteroatoms. The number of anilines is 1. The Bertz CT molecular complexity index is 794. The number of rotatable bonds is 3. The zero-order valence-corrected chi connectivity index (χ0v) is 13.3. The van der Waals surface area contributed by atoms with Gasteiger partial charge in [0.25, 0.3) is 0 Å². The summed E-state index contributed by atoms with van der Waals surface area (Å²) in [4.78, 5) is 34.2. The summed E-state index contributed by atoms with van der Waals surface area (Å²) in [5.74, 6) is 0.281. The Hall–Kier alpha value is -2.90. The lowest BCUT2D eigenvalue weighted by Crippen LogP contribution is -2.54. The minimum Gasteiger partial charge on any atom is -0.465 e. The maximum Gasteiger partial charge on any atom is 0.407 e. The molecule has 1 saturated heterocycles. The van der Waals surface area contributed by atoms with Gasteiger partial charge in [-0.1, -0.05) is 6.07 Å². The predicted octanol–water partition coefficient (Wildman–Crippen LogP) is 0.965. The molecule has 8 nitrogen and oxygen atoms in total. The Balaban J connectivity index is 1.72. The van der Waals surface area contributed by atoms with Crippen molar-refractivity contribution in [2.24, 2.45) is 0 Å². The van der Waals surface area contributed by atoms with E-state index in [0.29, 0.717) is 25.3 Å². The van der Waals surface area contributed by atoms with Gasteiger partial charge in [-0.3, -0.25) is 9.69 Å². The van der Waals surface area contributed by atoms with E-state index in [2.05, 4.69) is 9.97 Å². The highest BCUT2D eigenvalue weighted by molar-refractivity contribution is 5.88. The first kappa shape index (κ1) is 16.0. The van der Waals surface area contributed by atoms with Crippen molar-refractivity contribution < 1.29 is 14.7 Å². The highest BCUT2D eigenvalue weighted by Gasteiger charge is 2.29. The summed E-state index contributed by atoms with van der Waals surface area (Å²) in [7, 11) is 0. The van der Waals surface area contributed by atoms with Crippen LogP contribution < -0.4 is 5.73 Å². The van der Waals surface area contributed by atoms with E-state index in [1.165, 1.54) is 6.33 Å². The van der Waals surface area contributed by atoms with Crippen LogP contribution in [0.4, 0.5) is 10.6 Å². The third kappa shape index (κ3) is 3.08. The number of amides is 2. The molecule has 0 aliphatic carbocycles. The van der Waals surface area contributed by atoms with Gasteiger partial charge >= 0.3 is 6.09 Å². The summed E-state index contributed by atoms with van der Waals surface area (Å²) in [5, 5.41) is 9.78. The Morgan fingerprint density at radius 3 is 2.88 bits per heavy atom. The van der Waals surface area contributed by atoms with E-state index in [1.54, 1.807) is 4.90 Å². The van der Waals surface area contributed by atoms with Gasteiger partial charge in [-0.25, -0.2) is 14.8 Å². The summed E-state index contributed by atoms with van der Waals surface area (Å²) in [6, 6.07) is 5.76. The number of carboxylic acid groups (broad SMARTS) is 1. The van der Waals surface area contributed by atoms with Crippen LogP contribution >= 0.6 is 0 Å². The van der Waals surface area contributed by atoms with Crippen LogP contribution in [0.3, 0.4) is 0 Å². The Labute approximate surface area is 138 Å². The van der Waals surface area contributed by atoms with Crippen molar-refractivity contribution in [2.45, 2.75) is 19.4 Å². The molecule has 0 saturated carbocycles. The average Bonchev–Trinajstić information content (AvgIpc) is 2.54. The molecule has 1 aromatic carbocycles. The number of hydrogen-bond acceptors (Lipinski definition) is 5. The number of carbonyl (C=O) groups is 2. The van der Waals surface area contributed by atoms with Gasteiger partial charge in [-0.2, -0.15) is 0 Å². The lowest BCUT2D eigenvalue weighted by atomic mass is 10.0. The molecule has 0 radical (unpaired) electrons. The van der Waals surface area contributed by atoms with Crippen molar-refractivity contribution in [1.82, 2.24) is 19.8 Å². The minimum absolute atomic E-state index is 0.0231. The second kappa shape index (κ2) is 6.31. The number of benzene rings is 1. The van der Waals surface area contributed by atoms with Crippen LogP contribution in [-0.4, -0.2) is 62.6 Å². The van der Waals surface area contributed by atoms with E-state index in [9.17, 15) is 9.59 Å². The zero-order valence-electron chi connectivity index (χ0n) is 13.3. The molecule has 2 heterocycles. The smallest absolute Gasteiger partial charge is 0.407 e. The van der Waals surface area contributed by atoms with Crippen molar-refractivity contribution in [2.75, 3.05) is 25.4 Å². The van der Waals surface area contributed by atoms with Gasteiger partial charge in [0.2, 0.25) is 5.91 Å². The van der Waals surface area contributed by atoms with Gasteiger partial charge in [0, 0.05) is 24.5 Å². The van der Waals surface area contributed by atoms with Crippen molar-refractivity contribution in [3.8, 4) is 0 Å². The van der Waals surface area contributed by atoms with Gasteiger partial charge in [0.1, 0.15) is 18.7 Å². The van der Waals surface area contributed by atoms with Crippen LogP contribution in [0.1, 0.15) is 12.5 Å². The minimum atomic E-state index is -1.05. The van der Waals surface area contributed by atoms with Crippen molar-refractivity contribution >= 4 is 28.7 Å². The van der Waals surface area contributed by atoms with Gasteiger partial charge < -0.3 is 15.7 Å². The average molecular weight is 329 g/mol. The molecule has 1 aliphatic heterocycles. The standard InChI is InChI=1S/C16H19N5O3/c1-10(21-5-4-20(16(23)24)8-14(21)22)6-11-2-3-12-13(7-11)18-9-19-15(12)17/h2-3,7,9-10H,4-6,8H2,1H3,(H,23,24)(H2,17,18,19). The Morgan fingerprint density at radius 1 is 1.38 bits per heavy atom. The van der Waals surface area contributed by atoms with Crippen LogP contribution in [0.25, 0.3) is 10.9 Å². The SMILES string of the molecule is CC(Cc1ccc2c(N)ncnc2c1)N1CCN(C(=O)O)CC1=O. The lowest BCUT2D eigenvalue weighted by molar-refractivity contribution is -0.137. The fourth-order valence-electron chi connectivity index (χ4n) is 3.02. The first-order valence-electron chi connectivity index (χ1n) is 7.72. The summed E-state index contributed by atoms with van der Waals surface area (Å²) in [6.07, 6.45) is 1.04. The molecule has 2 aromatic rings. The normalized spacial score (nSPS) is 16.5. The zero-order chi connectivity index (χ0) is 17.3. The van der Waals surface area contributed by atoms with E-state index in [1.807, 2.05) is 25.1 Å². The molecule has 1 unspecified atom stereocenters. The summed E-state index contributed by atoms with van der Waals surface area (Å²) in [5.41, 5.74) is 7.64. The van der Waals surface area contributed by atoms with Crippen LogP contribution in [0.2, 0.25) is 0 Å². The number of fused-ring (bicyclic) bond motifs is 1. The van der Waals surface area contributed by atoms with Gasteiger partial charge in [-0.05, 0) is 31.0 Å². The molecule has 0 spiro atoms. The monoisotopic (exact) mass is 329 g/mol. The van der Waals surface area contributed by atoms with E-state index < -0.39 is 6.09 Å². The summed E-state index contributed by atoms with van der Waals surface area (Å²) in [6.45, 7) is 2.63. The maximum atomic E-state index is 12.2. The number of hydrogen-bond donors (Lipinski definition) is 2. The number of nitrogens with two attached hydrogens (primary N) is 1. The number of carbonyl (C=O) groups excluding carboxylic acids is 1. The quantitative estimate of drug-likeness (QED) is 0.867. The van der Waals surface area contributed by atoms with Crippen LogP contribution in [0, 0.1) is 0 Å². The number of nitrogens with zero attached hydrogens (tertiary/aromatic N) is 4. The third-order valence-electron chi connectivity index (χ3n) is 4.32. The Morgan fingerprint density at radius 2 is 2.17 bits per heavy atom. The number of piperazine rings is 1. The van der Waals surface area contributed by atoms with Crippen LogP contribution in [-0.2, 0) is 11.2 Å². The van der Waals surface area contributed by atoms with Crippen LogP contribution in [0.5, 0.6) is 0 Å². The maximum absolute atomic E-state index is 12.2. The van der Waals surface area contributed by atoms with Crippen LogP contribution in [0.15, 0.2) is 24.5 Å². The first-order valence-corrected chi connectivity index (χ1v) is 7.72.